The van der Waals surface area contributed by atoms with Crippen molar-refractivity contribution < 1.29 is 9.90 Å². The molecule has 0 aliphatic heterocycles. The Morgan fingerprint density at radius 2 is 2.23 bits per heavy atom. The third kappa shape index (κ3) is 2.16. The van der Waals surface area contributed by atoms with Crippen LogP contribution in [0.1, 0.15) is 10.4 Å². The van der Waals surface area contributed by atoms with Gasteiger partial charge < -0.3 is 5.11 Å². The molecule has 1 aromatic rings. The van der Waals surface area contributed by atoms with Crippen LogP contribution in [0.25, 0.3) is 0 Å². The number of anilines is 1. The lowest BCUT2D eigenvalue weighted by molar-refractivity contribution is 0.0698. The standard InChI is InChI=1S/C7H5ClN2O3/c8-4-1-2-6(9-10-13)5(3-4)7(11)12/h1-3H,(H,9,13)(H,11,12). The predicted molar refractivity (Wildman–Crippen MR) is 47.8 cm³/mol. The molecular weight excluding hydrogens is 196 g/mol. The van der Waals surface area contributed by atoms with Crippen LogP contribution in [0.5, 0.6) is 0 Å². The molecule has 1 aromatic carbocycles. The van der Waals surface area contributed by atoms with E-state index in [4.69, 9.17) is 16.7 Å². The first-order valence-electron chi connectivity index (χ1n) is 3.26. The number of rotatable bonds is 3. The van der Waals surface area contributed by atoms with E-state index in [2.05, 4.69) is 5.29 Å². The molecule has 1 rings (SSSR count). The van der Waals surface area contributed by atoms with Gasteiger partial charge in [-0.1, -0.05) is 11.6 Å². The van der Waals surface area contributed by atoms with Gasteiger partial charge in [-0.3, -0.25) is 0 Å². The Hall–Kier alpha value is -1.62. The summed E-state index contributed by atoms with van der Waals surface area (Å²) < 4.78 is 0. The molecule has 0 heterocycles. The number of carboxylic acids is 1. The van der Waals surface area contributed by atoms with E-state index in [1.165, 1.54) is 18.2 Å². The molecule has 0 unspecified atom stereocenters. The van der Waals surface area contributed by atoms with Gasteiger partial charge in [-0.25, -0.2) is 10.2 Å². The van der Waals surface area contributed by atoms with Gasteiger partial charge in [0, 0.05) is 5.02 Å². The summed E-state index contributed by atoms with van der Waals surface area (Å²) in [5.41, 5.74) is 2.04. The Balaban J connectivity index is 3.17. The fraction of sp³-hybridized carbons (Fsp3) is 0. The number of benzene rings is 1. The molecule has 0 aromatic heterocycles. The number of carboxylic acid groups (broad SMARTS) is 1. The topological polar surface area (TPSA) is 78.8 Å². The fourth-order valence-electron chi connectivity index (χ4n) is 0.840. The average molecular weight is 201 g/mol. The minimum absolute atomic E-state index is 0.0906. The van der Waals surface area contributed by atoms with Crippen LogP contribution in [0, 0.1) is 4.91 Å². The molecule has 0 bridgehead atoms. The van der Waals surface area contributed by atoms with E-state index >= 15 is 0 Å². The van der Waals surface area contributed by atoms with E-state index in [0.717, 1.165) is 0 Å². The molecule has 0 atom stereocenters. The van der Waals surface area contributed by atoms with Crippen LogP contribution in [-0.2, 0) is 0 Å². The number of nitrogens with one attached hydrogen (secondary N) is 1. The molecule has 0 aliphatic rings. The smallest absolute Gasteiger partial charge is 0.337 e. The van der Waals surface area contributed by atoms with Gasteiger partial charge in [0.2, 0.25) is 0 Å². The largest absolute Gasteiger partial charge is 0.478 e. The van der Waals surface area contributed by atoms with E-state index in [1.54, 1.807) is 0 Å². The first kappa shape index (κ1) is 9.47. The van der Waals surface area contributed by atoms with Crippen molar-refractivity contribution >= 4 is 23.3 Å². The summed E-state index contributed by atoms with van der Waals surface area (Å²) in [6.45, 7) is 0. The summed E-state index contributed by atoms with van der Waals surface area (Å²) in [4.78, 5) is 20.5. The lowest BCUT2D eigenvalue weighted by Gasteiger charge is -2.02. The maximum Gasteiger partial charge on any atom is 0.337 e. The third-order valence-corrected chi connectivity index (χ3v) is 1.61. The molecule has 0 amide bonds. The molecule has 0 radical (unpaired) electrons. The zero-order valence-electron chi connectivity index (χ0n) is 6.32. The Morgan fingerprint density at radius 1 is 1.54 bits per heavy atom. The minimum atomic E-state index is -1.17. The maximum absolute atomic E-state index is 10.6. The van der Waals surface area contributed by atoms with Crippen LogP contribution in [0.4, 0.5) is 5.69 Å². The minimum Gasteiger partial charge on any atom is -0.478 e. The fourth-order valence-corrected chi connectivity index (χ4v) is 1.01. The van der Waals surface area contributed by atoms with Crippen molar-refractivity contribution in [3.63, 3.8) is 0 Å². The van der Waals surface area contributed by atoms with E-state index in [1.807, 2.05) is 5.43 Å². The van der Waals surface area contributed by atoms with Gasteiger partial charge in [-0.05, 0) is 18.2 Å². The molecule has 0 saturated carbocycles. The van der Waals surface area contributed by atoms with Crippen molar-refractivity contribution in [2.75, 3.05) is 5.43 Å². The van der Waals surface area contributed by atoms with Crippen molar-refractivity contribution in [3.8, 4) is 0 Å². The Kier molecular flexibility index (Phi) is 2.81. The number of nitroso groups, excluding NO2 is 1. The number of nitrogens with zero attached hydrogens (tertiary/aromatic N) is 1. The Morgan fingerprint density at radius 3 is 2.77 bits per heavy atom. The highest BCUT2D eigenvalue weighted by Crippen LogP contribution is 2.20. The van der Waals surface area contributed by atoms with E-state index < -0.39 is 5.97 Å². The zero-order valence-corrected chi connectivity index (χ0v) is 7.08. The quantitative estimate of drug-likeness (QED) is 0.579. The normalized spacial score (nSPS) is 9.31. The number of hydrogen-bond donors (Lipinski definition) is 2. The summed E-state index contributed by atoms with van der Waals surface area (Å²) in [5.74, 6) is -1.17. The van der Waals surface area contributed by atoms with Crippen LogP contribution >= 0.6 is 11.6 Å². The lowest BCUT2D eigenvalue weighted by atomic mass is 10.2. The average Bonchev–Trinajstić information content (AvgIpc) is 2.08. The highest BCUT2D eigenvalue weighted by Gasteiger charge is 2.10. The van der Waals surface area contributed by atoms with Crippen molar-refractivity contribution in [1.29, 1.82) is 0 Å². The van der Waals surface area contributed by atoms with Gasteiger partial charge in [0.1, 0.15) is 0 Å². The summed E-state index contributed by atoms with van der Waals surface area (Å²) in [6.07, 6.45) is 0. The van der Waals surface area contributed by atoms with Crippen molar-refractivity contribution in [3.05, 3.63) is 33.7 Å². The van der Waals surface area contributed by atoms with Gasteiger partial charge in [0.15, 0.2) is 0 Å². The van der Waals surface area contributed by atoms with Crippen molar-refractivity contribution in [1.82, 2.24) is 0 Å². The van der Waals surface area contributed by atoms with E-state index in [-0.39, 0.29) is 16.3 Å². The SMILES string of the molecule is O=NNc1ccc(Cl)cc1C(=O)O. The number of hydrogen-bond acceptors (Lipinski definition) is 3. The molecule has 0 saturated heterocycles. The van der Waals surface area contributed by atoms with Crippen LogP contribution in [0.3, 0.4) is 0 Å². The van der Waals surface area contributed by atoms with E-state index in [0.29, 0.717) is 0 Å². The Bertz CT molecular complexity index is 354. The Labute approximate surface area is 78.3 Å². The molecule has 0 spiro atoms. The lowest BCUT2D eigenvalue weighted by Crippen LogP contribution is -2.01. The monoisotopic (exact) mass is 200 g/mol. The molecule has 68 valence electrons. The summed E-state index contributed by atoms with van der Waals surface area (Å²) in [7, 11) is 0. The second kappa shape index (κ2) is 3.86. The van der Waals surface area contributed by atoms with Crippen LogP contribution in [-0.4, -0.2) is 11.1 Å². The highest BCUT2D eigenvalue weighted by atomic mass is 35.5. The number of carbonyl (C=O) groups is 1. The van der Waals surface area contributed by atoms with Crippen molar-refractivity contribution in [2.45, 2.75) is 0 Å². The third-order valence-electron chi connectivity index (χ3n) is 1.38. The van der Waals surface area contributed by atoms with Gasteiger partial charge >= 0.3 is 5.97 Å². The zero-order chi connectivity index (χ0) is 9.84. The molecular formula is C7H5ClN2O3. The molecule has 5 nitrogen and oxygen atoms in total. The summed E-state index contributed by atoms with van der Waals surface area (Å²) >= 11 is 5.56. The van der Waals surface area contributed by atoms with Crippen LogP contribution in [0.2, 0.25) is 5.02 Å². The highest BCUT2D eigenvalue weighted by molar-refractivity contribution is 6.31. The second-order valence-electron chi connectivity index (χ2n) is 2.20. The van der Waals surface area contributed by atoms with Gasteiger partial charge in [0.25, 0.3) is 0 Å². The summed E-state index contributed by atoms with van der Waals surface area (Å²) in [5, 5.41) is 11.3. The van der Waals surface area contributed by atoms with Crippen LogP contribution in [0.15, 0.2) is 23.5 Å². The number of halogens is 1. The second-order valence-corrected chi connectivity index (χ2v) is 2.63. The van der Waals surface area contributed by atoms with Crippen molar-refractivity contribution in [2.24, 2.45) is 5.29 Å². The predicted octanol–water partition coefficient (Wildman–Crippen LogP) is 2.13. The molecule has 6 heteroatoms. The van der Waals surface area contributed by atoms with Gasteiger partial charge in [0.05, 0.1) is 16.5 Å². The molecule has 0 fully saturated rings. The van der Waals surface area contributed by atoms with Crippen LogP contribution < -0.4 is 5.43 Å². The first-order valence-corrected chi connectivity index (χ1v) is 3.64. The molecule has 2 N–H and O–H groups in total. The van der Waals surface area contributed by atoms with E-state index in [9.17, 15) is 9.70 Å². The molecule has 13 heavy (non-hydrogen) atoms. The maximum atomic E-state index is 10.6. The van der Waals surface area contributed by atoms with Gasteiger partial charge in [-0.2, -0.15) is 0 Å². The first-order chi connectivity index (χ1) is 6.15. The number of aromatic carboxylic acids is 1. The van der Waals surface area contributed by atoms with Gasteiger partial charge in [-0.15, -0.1) is 4.91 Å². The molecule has 0 aliphatic carbocycles. The summed E-state index contributed by atoms with van der Waals surface area (Å²) in [6, 6.07) is 4.06.